The van der Waals surface area contributed by atoms with Crippen molar-refractivity contribution in [2.75, 3.05) is 11.9 Å². The van der Waals surface area contributed by atoms with E-state index in [2.05, 4.69) is 27.3 Å². The van der Waals surface area contributed by atoms with Crippen molar-refractivity contribution in [1.82, 2.24) is 0 Å². The Kier molecular flexibility index (Phi) is 3.42. The summed E-state index contributed by atoms with van der Waals surface area (Å²) < 4.78 is 19.3. The number of para-hydroxylation sites is 1. The first-order valence-corrected chi connectivity index (χ1v) is 6.96. The Bertz CT molecular complexity index is 602. The molecule has 0 aromatic heterocycles. The van der Waals surface area contributed by atoms with E-state index in [9.17, 15) is 4.39 Å². The molecule has 1 aliphatic rings. The maximum Gasteiger partial charge on any atom is 0.137 e. The molecule has 0 amide bonds. The van der Waals surface area contributed by atoms with Crippen molar-refractivity contribution in [3.8, 4) is 5.75 Å². The molecule has 0 aliphatic carbocycles. The number of anilines is 1. The predicted molar refractivity (Wildman–Crippen MR) is 77.0 cm³/mol. The Balaban J connectivity index is 1.86. The first-order valence-electron chi connectivity index (χ1n) is 6.17. The highest BCUT2D eigenvalue weighted by molar-refractivity contribution is 9.10. The number of hydrogen-bond acceptors (Lipinski definition) is 2. The molecule has 2 nitrogen and oxygen atoms in total. The quantitative estimate of drug-likeness (QED) is 0.877. The van der Waals surface area contributed by atoms with Crippen LogP contribution in [0.1, 0.15) is 18.0 Å². The summed E-state index contributed by atoms with van der Waals surface area (Å²) in [5.41, 5.74) is 2.05. The molecule has 19 heavy (non-hydrogen) atoms. The fraction of sp³-hybridized carbons (Fsp3) is 0.200. The van der Waals surface area contributed by atoms with Gasteiger partial charge in [0, 0.05) is 17.7 Å². The Hall–Kier alpha value is -1.55. The normalized spacial score (nSPS) is 17.5. The van der Waals surface area contributed by atoms with E-state index in [1.54, 1.807) is 12.1 Å². The molecule has 4 heteroatoms. The van der Waals surface area contributed by atoms with Gasteiger partial charge < -0.3 is 10.1 Å². The number of benzene rings is 2. The van der Waals surface area contributed by atoms with E-state index in [0.717, 1.165) is 23.4 Å². The lowest BCUT2D eigenvalue weighted by molar-refractivity contribution is 0.274. The van der Waals surface area contributed by atoms with Crippen LogP contribution in [0.25, 0.3) is 0 Å². The Labute approximate surface area is 119 Å². The molecule has 0 saturated heterocycles. The molecular weight excluding hydrogens is 309 g/mol. The number of fused-ring (bicyclic) bond motifs is 1. The van der Waals surface area contributed by atoms with E-state index in [-0.39, 0.29) is 11.9 Å². The van der Waals surface area contributed by atoms with Crippen LogP contribution in [0.5, 0.6) is 5.75 Å². The maximum absolute atomic E-state index is 13.2. The SMILES string of the molecule is Fc1ccc(NC2CCOc3ccccc32)cc1Br. The van der Waals surface area contributed by atoms with Crippen LogP contribution >= 0.6 is 15.9 Å². The van der Waals surface area contributed by atoms with Gasteiger partial charge in [-0.1, -0.05) is 18.2 Å². The Morgan fingerprint density at radius 1 is 1.21 bits per heavy atom. The molecule has 0 bridgehead atoms. The van der Waals surface area contributed by atoms with Gasteiger partial charge in [0.2, 0.25) is 0 Å². The lowest BCUT2D eigenvalue weighted by Crippen LogP contribution is -2.20. The summed E-state index contributed by atoms with van der Waals surface area (Å²) in [7, 11) is 0. The van der Waals surface area contributed by atoms with Crippen molar-refractivity contribution in [1.29, 1.82) is 0 Å². The summed E-state index contributed by atoms with van der Waals surface area (Å²) >= 11 is 3.20. The number of hydrogen-bond donors (Lipinski definition) is 1. The first kappa shape index (κ1) is 12.5. The molecule has 2 aromatic rings. The molecule has 0 fully saturated rings. The van der Waals surface area contributed by atoms with Crippen LogP contribution < -0.4 is 10.1 Å². The highest BCUT2D eigenvalue weighted by atomic mass is 79.9. The molecule has 98 valence electrons. The van der Waals surface area contributed by atoms with E-state index in [4.69, 9.17) is 4.74 Å². The minimum Gasteiger partial charge on any atom is -0.493 e. The van der Waals surface area contributed by atoms with E-state index in [0.29, 0.717) is 11.1 Å². The number of rotatable bonds is 2. The van der Waals surface area contributed by atoms with Gasteiger partial charge in [-0.05, 0) is 40.2 Å². The van der Waals surface area contributed by atoms with Gasteiger partial charge in [-0.2, -0.15) is 0 Å². The molecule has 1 unspecified atom stereocenters. The first-order chi connectivity index (χ1) is 9.24. The van der Waals surface area contributed by atoms with Gasteiger partial charge >= 0.3 is 0 Å². The fourth-order valence-corrected chi connectivity index (χ4v) is 2.66. The largest absolute Gasteiger partial charge is 0.493 e. The number of nitrogens with one attached hydrogen (secondary N) is 1. The second-order valence-corrected chi connectivity index (χ2v) is 5.36. The Morgan fingerprint density at radius 3 is 2.89 bits per heavy atom. The molecular formula is C15H13BrFNO. The van der Waals surface area contributed by atoms with Crippen LogP contribution in [-0.2, 0) is 0 Å². The number of ether oxygens (including phenoxy) is 1. The summed E-state index contributed by atoms with van der Waals surface area (Å²) in [6, 6.07) is 13.2. The molecule has 1 atom stereocenters. The Morgan fingerprint density at radius 2 is 2.05 bits per heavy atom. The van der Waals surface area contributed by atoms with Gasteiger partial charge in [-0.15, -0.1) is 0 Å². The van der Waals surface area contributed by atoms with Crippen molar-refractivity contribution in [3.63, 3.8) is 0 Å². The predicted octanol–water partition coefficient (Wildman–Crippen LogP) is 4.52. The standard InChI is InChI=1S/C15H13BrFNO/c16-12-9-10(5-6-13(12)17)18-14-7-8-19-15-4-2-1-3-11(14)15/h1-6,9,14,18H,7-8H2. The second-order valence-electron chi connectivity index (χ2n) is 4.50. The topological polar surface area (TPSA) is 21.3 Å². The summed E-state index contributed by atoms with van der Waals surface area (Å²) in [6.07, 6.45) is 0.895. The molecule has 1 N–H and O–H groups in total. The van der Waals surface area contributed by atoms with Gasteiger partial charge in [0.15, 0.2) is 0 Å². The van der Waals surface area contributed by atoms with Gasteiger partial charge in [-0.25, -0.2) is 4.39 Å². The van der Waals surface area contributed by atoms with Crippen LogP contribution in [0.3, 0.4) is 0 Å². The van der Waals surface area contributed by atoms with Crippen molar-refractivity contribution < 1.29 is 9.13 Å². The molecule has 2 aromatic carbocycles. The summed E-state index contributed by atoms with van der Waals surface area (Å²) in [5, 5.41) is 3.43. The van der Waals surface area contributed by atoms with E-state index in [1.807, 2.05) is 18.2 Å². The van der Waals surface area contributed by atoms with Crippen LogP contribution in [0.4, 0.5) is 10.1 Å². The highest BCUT2D eigenvalue weighted by Gasteiger charge is 2.20. The third-order valence-electron chi connectivity index (χ3n) is 3.22. The maximum atomic E-state index is 13.2. The van der Waals surface area contributed by atoms with Gasteiger partial charge in [0.05, 0.1) is 17.1 Å². The molecule has 1 aliphatic heterocycles. The monoisotopic (exact) mass is 321 g/mol. The highest BCUT2D eigenvalue weighted by Crippen LogP contribution is 2.34. The van der Waals surface area contributed by atoms with Crippen molar-refractivity contribution in [3.05, 3.63) is 58.3 Å². The smallest absolute Gasteiger partial charge is 0.137 e. The zero-order valence-electron chi connectivity index (χ0n) is 10.2. The minimum absolute atomic E-state index is 0.197. The van der Waals surface area contributed by atoms with Crippen LogP contribution in [0.15, 0.2) is 46.9 Å². The minimum atomic E-state index is -0.252. The van der Waals surface area contributed by atoms with E-state index < -0.39 is 0 Å². The second kappa shape index (κ2) is 5.21. The summed E-state index contributed by atoms with van der Waals surface area (Å²) in [4.78, 5) is 0. The van der Waals surface area contributed by atoms with Crippen molar-refractivity contribution >= 4 is 21.6 Å². The molecule has 0 saturated carbocycles. The van der Waals surface area contributed by atoms with Gasteiger partial charge in [-0.3, -0.25) is 0 Å². The molecule has 3 rings (SSSR count). The third-order valence-corrected chi connectivity index (χ3v) is 3.83. The van der Waals surface area contributed by atoms with E-state index in [1.165, 1.54) is 6.07 Å². The van der Waals surface area contributed by atoms with Gasteiger partial charge in [0.1, 0.15) is 11.6 Å². The van der Waals surface area contributed by atoms with E-state index >= 15 is 0 Å². The van der Waals surface area contributed by atoms with Gasteiger partial charge in [0.25, 0.3) is 0 Å². The fourth-order valence-electron chi connectivity index (χ4n) is 2.28. The van der Waals surface area contributed by atoms with Crippen LogP contribution in [0.2, 0.25) is 0 Å². The molecule has 0 spiro atoms. The lowest BCUT2D eigenvalue weighted by Gasteiger charge is -2.27. The summed E-state index contributed by atoms with van der Waals surface area (Å²) in [5.74, 6) is 0.672. The lowest BCUT2D eigenvalue weighted by atomic mass is 10.0. The number of halogens is 2. The average molecular weight is 322 g/mol. The van der Waals surface area contributed by atoms with Crippen molar-refractivity contribution in [2.24, 2.45) is 0 Å². The zero-order chi connectivity index (χ0) is 13.2. The summed E-state index contributed by atoms with van der Waals surface area (Å²) in [6.45, 7) is 0.692. The molecule has 0 radical (unpaired) electrons. The van der Waals surface area contributed by atoms with Crippen LogP contribution in [0, 0.1) is 5.82 Å². The van der Waals surface area contributed by atoms with Crippen molar-refractivity contribution in [2.45, 2.75) is 12.5 Å². The average Bonchev–Trinajstić information content (AvgIpc) is 2.43. The third kappa shape index (κ3) is 2.59. The molecule has 1 heterocycles. The zero-order valence-corrected chi connectivity index (χ0v) is 11.8. The van der Waals surface area contributed by atoms with Crippen LogP contribution in [-0.4, -0.2) is 6.61 Å².